The SMILES string of the molecule is Cc1cccc(NC(=O)CCN2C(=S)NC(c3ccccn3)C2c2cc(C)n(-c3cccc(Cl)c3)c2C)c1. The molecule has 2 N–H and O–H groups in total. The third kappa shape index (κ3) is 5.30. The molecule has 3 heterocycles. The number of thiocarbonyl (C=S) groups is 1. The van der Waals surface area contributed by atoms with E-state index in [1.54, 1.807) is 6.20 Å². The first-order chi connectivity index (χ1) is 18.3. The van der Waals surface area contributed by atoms with Gasteiger partial charge in [0.15, 0.2) is 5.11 Å². The van der Waals surface area contributed by atoms with E-state index >= 15 is 0 Å². The van der Waals surface area contributed by atoms with Gasteiger partial charge in [-0.05, 0) is 92.6 Å². The Hall–Kier alpha value is -3.68. The van der Waals surface area contributed by atoms with Gasteiger partial charge in [0.1, 0.15) is 0 Å². The van der Waals surface area contributed by atoms with Gasteiger partial charge < -0.3 is 20.1 Å². The number of hydrogen-bond donors (Lipinski definition) is 2. The number of carbonyl (C=O) groups is 1. The third-order valence-electron chi connectivity index (χ3n) is 6.93. The maximum absolute atomic E-state index is 12.9. The second-order valence-electron chi connectivity index (χ2n) is 9.63. The van der Waals surface area contributed by atoms with E-state index in [0.717, 1.165) is 39.6 Å². The first kappa shape index (κ1) is 25.9. The van der Waals surface area contributed by atoms with Crippen LogP contribution >= 0.6 is 23.8 Å². The number of amides is 1. The Balaban J connectivity index is 1.47. The Morgan fingerprint density at radius 2 is 1.87 bits per heavy atom. The molecule has 2 aromatic heterocycles. The molecule has 5 rings (SSSR count). The minimum absolute atomic E-state index is 0.0529. The summed E-state index contributed by atoms with van der Waals surface area (Å²) in [5.41, 5.74) is 7.12. The van der Waals surface area contributed by atoms with Crippen molar-refractivity contribution in [3.05, 3.63) is 112 Å². The van der Waals surface area contributed by atoms with Crippen molar-refractivity contribution >= 4 is 40.5 Å². The predicted molar refractivity (Wildman–Crippen MR) is 157 cm³/mol. The van der Waals surface area contributed by atoms with Gasteiger partial charge in [-0.15, -0.1) is 0 Å². The van der Waals surface area contributed by atoms with Gasteiger partial charge in [0.2, 0.25) is 5.91 Å². The second-order valence-corrected chi connectivity index (χ2v) is 10.5. The minimum atomic E-state index is -0.156. The van der Waals surface area contributed by atoms with Crippen molar-refractivity contribution in [2.24, 2.45) is 0 Å². The molecule has 1 fully saturated rings. The number of anilines is 1. The number of halogens is 1. The van der Waals surface area contributed by atoms with Crippen LogP contribution in [0.1, 0.15) is 46.7 Å². The van der Waals surface area contributed by atoms with E-state index in [9.17, 15) is 4.79 Å². The van der Waals surface area contributed by atoms with Gasteiger partial charge in [-0.2, -0.15) is 0 Å². The number of nitrogens with zero attached hydrogens (tertiary/aromatic N) is 3. The lowest BCUT2D eigenvalue weighted by atomic mass is 9.96. The van der Waals surface area contributed by atoms with Crippen LogP contribution < -0.4 is 10.6 Å². The van der Waals surface area contributed by atoms with Crippen LogP contribution in [0, 0.1) is 20.8 Å². The van der Waals surface area contributed by atoms with Crippen molar-refractivity contribution in [3.63, 3.8) is 0 Å². The number of nitrogens with one attached hydrogen (secondary N) is 2. The lowest BCUT2D eigenvalue weighted by molar-refractivity contribution is -0.116. The van der Waals surface area contributed by atoms with Crippen molar-refractivity contribution in [2.45, 2.75) is 39.3 Å². The average molecular weight is 544 g/mol. The zero-order valence-electron chi connectivity index (χ0n) is 21.6. The third-order valence-corrected chi connectivity index (χ3v) is 7.52. The van der Waals surface area contributed by atoms with Crippen molar-refractivity contribution in [1.29, 1.82) is 0 Å². The molecule has 1 amide bonds. The molecule has 0 saturated carbocycles. The molecular formula is C30H30ClN5OS. The van der Waals surface area contributed by atoms with Crippen LogP contribution in [0.3, 0.4) is 0 Å². The summed E-state index contributed by atoms with van der Waals surface area (Å²) >= 11 is 12.1. The molecule has 0 aliphatic carbocycles. The molecule has 0 radical (unpaired) electrons. The topological polar surface area (TPSA) is 62.2 Å². The molecule has 38 heavy (non-hydrogen) atoms. The number of aryl methyl sites for hydroxylation is 2. The van der Waals surface area contributed by atoms with E-state index < -0.39 is 0 Å². The number of benzene rings is 2. The van der Waals surface area contributed by atoms with Crippen LogP contribution in [0.25, 0.3) is 5.69 Å². The zero-order valence-corrected chi connectivity index (χ0v) is 23.2. The summed E-state index contributed by atoms with van der Waals surface area (Å²) in [5.74, 6) is -0.0529. The number of carbonyl (C=O) groups excluding carboxylic acids is 1. The van der Waals surface area contributed by atoms with Crippen molar-refractivity contribution in [3.8, 4) is 5.69 Å². The van der Waals surface area contributed by atoms with Gasteiger partial charge in [-0.3, -0.25) is 9.78 Å². The van der Waals surface area contributed by atoms with Gasteiger partial charge in [-0.25, -0.2) is 0 Å². The Bertz CT molecular complexity index is 1490. The van der Waals surface area contributed by atoms with Crippen molar-refractivity contribution < 1.29 is 4.79 Å². The van der Waals surface area contributed by atoms with Gasteiger partial charge in [0.25, 0.3) is 0 Å². The van der Waals surface area contributed by atoms with E-state index in [0.29, 0.717) is 23.1 Å². The summed E-state index contributed by atoms with van der Waals surface area (Å²) in [4.78, 5) is 19.7. The van der Waals surface area contributed by atoms with Crippen molar-refractivity contribution in [1.82, 2.24) is 19.8 Å². The standard InChI is InChI=1S/C30H30ClN5OS/c1-19-8-6-10-23(16-19)33-27(37)13-15-35-29(28(34-30(35)38)26-12-4-5-14-32-26)25-17-20(2)36(21(25)3)24-11-7-9-22(31)18-24/h4-12,14,16-18,28-29H,13,15H2,1-3H3,(H,33,37)(H,34,38). The van der Waals surface area contributed by atoms with Crippen LogP contribution in [0.5, 0.6) is 0 Å². The lowest BCUT2D eigenvalue weighted by Crippen LogP contribution is -2.32. The number of rotatable bonds is 7. The van der Waals surface area contributed by atoms with Crippen molar-refractivity contribution in [2.75, 3.05) is 11.9 Å². The first-order valence-electron chi connectivity index (χ1n) is 12.6. The molecule has 1 aliphatic heterocycles. The fraction of sp³-hybridized carbons (Fsp3) is 0.233. The van der Waals surface area contributed by atoms with Gasteiger partial charge in [0, 0.05) is 46.9 Å². The highest BCUT2D eigenvalue weighted by Crippen LogP contribution is 2.41. The fourth-order valence-corrected chi connectivity index (χ4v) is 5.77. The summed E-state index contributed by atoms with van der Waals surface area (Å²) in [5, 5.41) is 7.80. The lowest BCUT2D eigenvalue weighted by Gasteiger charge is -2.28. The molecule has 8 heteroatoms. The minimum Gasteiger partial charge on any atom is -0.352 e. The van der Waals surface area contributed by atoms with Crippen LogP contribution in [0.2, 0.25) is 5.02 Å². The van der Waals surface area contributed by atoms with E-state index in [2.05, 4.69) is 51.1 Å². The van der Waals surface area contributed by atoms with Crippen LogP contribution in [0.4, 0.5) is 5.69 Å². The van der Waals surface area contributed by atoms with E-state index in [-0.39, 0.29) is 18.0 Å². The molecule has 194 valence electrons. The monoisotopic (exact) mass is 543 g/mol. The molecule has 1 saturated heterocycles. The molecule has 4 aromatic rings. The van der Waals surface area contributed by atoms with Gasteiger partial charge in [0.05, 0.1) is 17.8 Å². The van der Waals surface area contributed by atoms with Crippen LogP contribution in [-0.2, 0) is 4.79 Å². The highest BCUT2D eigenvalue weighted by Gasteiger charge is 2.41. The number of hydrogen-bond acceptors (Lipinski definition) is 3. The van der Waals surface area contributed by atoms with E-state index in [4.69, 9.17) is 23.8 Å². The Morgan fingerprint density at radius 3 is 2.61 bits per heavy atom. The molecule has 1 aliphatic rings. The summed E-state index contributed by atoms with van der Waals surface area (Å²) in [6.45, 7) is 6.68. The van der Waals surface area contributed by atoms with E-state index in [1.165, 1.54) is 0 Å². The quantitative estimate of drug-likeness (QED) is 0.262. The molecule has 2 atom stereocenters. The maximum atomic E-state index is 12.9. The van der Waals surface area contributed by atoms with Gasteiger partial charge in [-0.1, -0.05) is 35.9 Å². The second kappa shape index (κ2) is 11.0. The zero-order chi connectivity index (χ0) is 26.8. The molecule has 0 spiro atoms. The largest absolute Gasteiger partial charge is 0.352 e. The maximum Gasteiger partial charge on any atom is 0.226 e. The van der Waals surface area contributed by atoms with Crippen LogP contribution in [0.15, 0.2) is 79.0 Å². The summed E-state index contributed by atoms with van der Waals surface area (Å²) < 4.78 is 2.21. The van der Waals surface area contributed by atoms with Gasteiger partial charge >= 0.3 is 0 Å². The summed E-state index contributed by atoms with van der Waals surface area (Å²) in [7, 11) is 0. The molecule has 2 unspecified atom stereocenters. The van der Waals surface area contributed by atoms with Crippen LogP contribution in [-0.4, -0.2) is 32.0 Å². The first-order valence-corrected chi connectivity index (χ1v) is 13.4. The fourth-order valence-electron chi connectivity index (χ4n) is 5.25. The highest BCUT2D eigenvalue weighted by molar-refractivity contribution is 7.80. The summed E-state index contributed by atoms with van der Waals surface area (Å²) in [6, 6.07) is 23.5. The number of pyridine rings is 1. The molecular weight excluding hydrogens is 514 g/mol. The van der Waals surface area contributed by atoms with E-state index in [1.807, 2.05) is 67.6 Å². The molecule has 0 bridgehead atoms. The predicted octanol–water partition coefficient (Wildman–Crippen LogP) is 6.45. The Kier molecular flexibility index (Phi) is 7.49. The normalized spacial score (nSPS) is 16.9. The smallest absolute Gasteiger partial charge is 0.226 e. The summed E-state index contributed by atoms with van der Waals surface area (Å²) in [6.07, 6.45) is 2.10. The highest BCUT2D eigenvalue weighted by atomic mass is 35.5. The average Bonchev–Trinajstić information content (AvgIpc) is 3.37. The Morgan fingerprint density at radius 1 is 1.05 bits per heavy atom. The molecule has 6 nitrogen and oxygen atoms in total. The Labute approximate surface area is 233 Å². The number of aromatic nitrogens is 2. The molecule has 2 aromatic carbocycles.